The number of hydrogen-bond donors (Lipinski definition) is 0. The van der Waals surface area contributed by atoms with E-state index in [2.05, 4.69) is 30.4 Å². The van der Waals surface area contributed by atoms with Crippen LogP contribution in [0.15, 0.2) is 6.07 Å². The Morgan fingerprint density at radius 1 is 1.41 bits per heavy atom. The van der Waals surface area contributed by atoms with Crippen molar-refractivity contribution in [3.8, 4) is 5.88 Å². The smallest absolute Gasteiger partial charge is 0.466 e. The molecule has 0 fully saturated rings. The summed E-state index contributed by atoms with van der Waals surface area (Å²) >= 11 is 3.01. The zero-order valence-electron chi connectivity index (χ0n) is 11.2. The van der Waals surface area contributed by atoms with Crippen LogP contribution in [0.25, 0.3) is 0 Å². The zero-order valence-corrected chi connectivity index (χ0v) is 12.8. The van der Waals surface area contributed by atoms with Gasteiger partial charge in [0.25, 0.3) is 6.43 Å². The van der Waals surface area contributed by atoms with Crippen LogP contribution in [0.4, 0.5) is 22.0 Å². The zero-order chi connectivity index (χ0) is 16.9. The molecule has 0 aliphatic carbocycles. The predicted octanol–water partition coefficient (Wildman–Crippen LogP) is 3.92. The minimum atomic E-state index is -5.17. The predicted molar refractivity (Wildman–Crippen MR) is 68.8 cm³/mol. The summed E-state index contributed by atoms with van der Waals surface area (Å²) in [6.45, 7) is 1.62. The van der Waals surface area contributed by atoms with Gasteiger partial charge in [-0.05, 0) is 18.6 Å². The van der Waals surface area contributed by atoms with Gasteiger partial charge < -0.3 is 9.47 Å². The highest BCUT2D eigenvalue weighted by Crippen LogP contribution is 2.33. The van der Waals surface area contributed by atoms with Gasteiger partial charge in [-0.3, -0.25) is 4.79 Å². The Morgan fingerprint density at radius 3 is 2.50 bits per heavy atom. The van der Waals surface area contributed by atoms with Crippen molar-refractivity contribution in [3.05, 3.63) is 22.9 Å². The van der Waals surface area contributed by atoms with Crippen molar-refractivity contribution in [2.75, 3.05) is 6.61 Å². The number of rotatable bonds is 6. The molecule has 0 spiro atoms. The molecule has 0 amide bonds. The lowest BCUT2D eigenvalue weighted by Crippen LogP contribution is -2.20. The molecule has 22 heavy (non-hydrogen) atoms. The van der Waals surface area contributed by atoms with Gasteiger partial charge in [0.1, 0.15) is 0 Å². The normalized spacial score (nSPS) is 11.6. The van der Waals surface area contributed by atoms with Gasteiger partial charge in [0.05, 0.1) is 24.3 Å². The second-order valence-electron chi connectivity index (χ2n) is 3.95. The minimum Gasteiger partial charge on any atom is -0.466 e. The standard InChI is InChI=1S/C12H11BrF5NO3/c1-2-21-9(20)4-8-6(5-13)3-7(10(14)15)11(19-8)22-12(16,17)18/h3,10H,2,4-5H2,1H3. The van der Waals surface area contributed by atoms with E-state index in [0.717, 1.165) is 6.07 Å². The van der Waals surface area contributed by atoms with Gasteiger partial charge in [0.2, 0.25) is 5.88 Å². The topological polar surface area (TPSA) is 48.4 Å². The summed E-state index contributed by atoms with van der Waals surface area (Å²) in [5, 5.41) is 0.0285. The Kier molecular flexibility index (Phi) is 6.51. The first kappa shape index (κ1) is 18.6. The molecule has 1 aromatic rings. The molecule has 1 aromatic heterocycles. The lowest BCUT2D eigenvalue weighted by atomic mass is 10.1. The van der Waals surface area contributed by atoms with Crippen molar-refractivity contribution < 1.29 is 36.2 Å². The molecule has 0 saturated carbocycles. The van der Waals surface area contributed by atoms with Crippen LogP contribution in [0.2, 0.25) is 0 Å². The number of halogens is 6. The molecule has 0 N–H and O–H groups in total. The number of aromatic nitrogens is 1. The largest absolute Gasteiger partial charge is 0.574 e. The van der Waals surface area contributed by atoms with Crippen LogP contribution in [0.1, 0.15) is 30.2 Å². The van der Waals surface area contributed by atoms with Gasteiger partial charge >= 0.3 is 12.3 Å². The Labute approximate surface area is 130 Å². The summed E-state index contributed by atoms with van der Waals surface area (Å²) in [5.41, 5.74) is -0.976. The fraction of sp³-hybridized carbons (Fsp3) is 0.500. The fourth-order valence-electron chi connectivity index (χ4n) is 1.56. The highest BCUT2D eigenvalue weighted by Gasteiger charge is 2.35. The van der Waals surface area contributed by atoms with Crippen LogP contribution < -0.4 is 4.74 Å². The van der Waals surface area contributed by atoms with Gasteiger partial charge in [-0.1, -0.05) is 15.9 Å². The molecule has 0 atom stereocenters. The monoisotopic (exact) mass is 391 g/mol. The number of nitrogens with zero attached hydrogens (tertiary/aromatic N) is 1. The Hall–Kier alpha value is -1.45. The summed E-state index contributed by atoms with van der Waals surface area (Å²) in [7, 11) is 0. The number of carbonyl (C=O) groups is 1. The number of pyridine rings is 1. The maximum absolute atomic E-state index is 12.8. The van der Waals surface area contributed by atoms with Crippen LogP contribution >= 0.6 is 15.9 Å². The number of esters is 1. The SMILES string of the molecule is CCOC(=O)Cc1nc(OC(F)(F)F)c(C(F)F)cc1CBr. The van der Waals surface area contributed by atoms with E-state index in [9.17, 15) is 26.7 Å². The summed E-state index contributed by atoms with van der Waals surface area (Å²) in [6, 6.07) is 0.821. The summed E-state index contributed by atoms with van der Waals surface area (Å²) in [6.07, 6.45) is -8.83. The number of alkyl halides is 6. The van der Waals surface area contributed by atoms with Crippen molar-refractivity contribution in [2.45, 2.75) is 31.5 Å². The van der Waals surface area contributed by atoms with Gasteiger partial charge in [-0.15, -0.1) is 13.2 Å². The van der Waals surface area contributed by atoms with Gasteiger partial charge in [0.15, 0.2) is 0 Å². The highest BCUT2D eigenvalue weighted by atomic mass is 79.9. The van der Waals surface area contributed by atoms with E-state index in [1.165, 1.54) is 0 Å². The first-order chi connectivity index (χ1) is 10.2. The van der Waals surface area contributed by atoms with Crippen molar-refractivity contribution in [3.63, 3.8) is 0 Å². The van der Waals surface area contributed by atoms with E-state index in [1.54, 1.807) is 6.92 Å². The molecule has 1 heterocycles. The third kappa shape index (κ3) is 5.39. The van der Waals surface area contributed by atoms with E-state index >= 15 is 0 Å². The Morgan fingerprint density at radius 2 is 2.05 bits per heavy atom. The van der Waals surface area contributed by atoms with E-state index < -0.39 is 36.6 Å². The maximum Gasteiger partial charge on any atom is 0.574 e. The molecule has 0 radical (unpaired) electrons. The van der Waals surface area contributed by atoms with Crippen LogP contribution in [0, 0.1) is 0 Å². The van der Waals surface area contributed by atoms with E-state index in [1.807, 2.05) is 0 Å². The molecule has 0 aromatic carbocycles. The molecule has 0 aliphatic rings. The van der Waals surface area contributed by atoms with E-state index in [-0.39, 0.29) is 23.2 Å². The average molecular weight is 392 g/mol. The van der Waals surface area contributed by atoms with Gasteiger partial charge in [-0.2, -0.15) is 0 Å². The highest BCUT2D eigenvalue weighted by molar-refractivity contribution is 9.08. The number of hydrogen-bond acceptors (Lipinski definition) is 4. The second-order valence-corrected chi connectivity index (χ2v) is 4.51. The van der Waals surface area contributed by atoms with Gasteiger partial charge in [-0.25, -0.2) is 13.8 Å². The minimum absolute atomic E-state index is 0.0285. The number of ether oxygens (including phenoxy) is 2. The van der Waals surface area contributed by atoms with Crippen molar-refractivity contribution >= 4 is 21.9 Å². The number of carbonyl (C=O) groups excluding carboxylic acids is 1. The molecular formula is C12H11BrF5NO3. The molecule has 10 heteroatoms. The van der Waals surface area contributed by atoms with Crippen LogP contribution in [0.3, 0.4) is 0 Å². The maximum atomic E-state index is 12.8. The first-order valence-electron chi connectivity index (χ1n) is 5.96. The lowest BCUT2D eigenvalue weighted by Gasteiger charge is -2.15. The molecule has 0 aliphatic heterocycles. The molecular weight excluding hydrogens is 381 g/mol. The molecule has 1 rings (SSSR count). The van der Waals surface area contributed by atoms with Crippen LogP contribution in [0.5, 0.6) is 5.88 Å². The first-order valence-corrected chi connectivity index (χ1v) is 7.08. The molecule has 0 unspecified atom stereocenters. The van der Waals surface area contributed by atoms with Crippen molar-refractivity contribution in [1.82, 2.24) is 4.98 Å². The Bertz CT molecular complexity index is 536. The third-order valence-electron chi connectivity index (χ3n) is 2.39. The summed E-state index contributed by atoms with van der Waals surface area (Å²) in [5.74, 6) is -2.01. The molecule has 4 nitrogen and oxygen atoms in total. The fourth-order valence-corrected chi connectivity index (χ4v) is 2.04. The quantitative estimate of drug-likeness (QED) is 0.419. The van der Waals surface area contributed by atoms with Crippen molar-refractivity contribution in [1.29, 1.82) is 0 Å². The van der Waals surface area contributed by atoms with Crippen LogP contribution in [-0.2, 0) is 21.3 Å². The average Bonchev–Trinajstić information content (AvgIpc) is 2.36. The Balaban J connectivity index is 3.26. The lowest BCUT2D eigenvalue weighted by molar-refractivity contribution is -0.276. The summed E-state index contributed by atoms with van der Waals surface area (Å²) in [4.78, 5) is 14.8. The summed E-state index contributed by atoms with van der Waals surface area (Å²) < 4.78 is 70.7. The van der Waals surface area contributed by atoms with E-state index in [4.69, 9.17) is 0 Å². The molecule has 0 saturated heterocycles. The molecule has 0 bridgehead atoms. The van der Waals surface area contributed by atoms with Crippen LogP contribution in [-0.4, -0.2) is 23.9 Å². The second kappa shape index (κ2) is 7.70. The molecule has 124 valence electrons. The van der Waals surface area contributed by atoms with Gasteiger partial charge in [0, 0.05) is 5.33 Å². The van der Waals surface area contributed by atoms with Crippen molar-refractivity contribution in [2.24, 2.45) is 0 Å². The third-order valence-corrected chi connectivity index (χ3v) is 3.00. The van der Waals surface area contributed by atoms with E-state index in [0.29, 0.717) is 0 Å².